The zero-order chi connectivity index (χ0) is 18.8. The van der Waals surface area contributed by atoms with Crippen LogP contribution in [0.3, 0.4) is 0 Å². The van der Waals surface area contributed by atoms with Crippen molar-refractivity contribution in [2.24, 2.45) is 5.10 Å². The number of benzene rings is 2. The third-order valence-corrected chi connectivity index (χ3v) is 3.88. The summed E-state index contributed by atoms with van der Waals surface area (Å²) in [6.45, 7) is 0. The van der Waals surface area contributed by atoms with Gasteiger partial charge in [0.1, 0.15) is 11.7 Å². The number of para-hydroxylation sites is 1. The fourth-order valence-corrected chi connectivity index (χ4v) is 2.59. The number of fused-ring (bicyclic) bond motifs is 1. The summed E-state index contributed by atoms with van der Waals surface area (Å²) in [5, 5.41) is 19.4. The summed E-state index contributed by atoms with van der Waals surface area (Å²) in [6.07, 6.45) is 4.10. The molecular weight excluding hydrogens is 348 g/mol. The number of non-ortho nitro benzene ring substituents is 1. The van der Waals surface area contributed by atoms with Gasteiger partial charge in [0.25, 0.3) is 11.2 Å². The molecule has 0 fully saturated rings. The molecule has 0 unspecified atom stereocenters. The Hall–Kier alpha value is -4.14. The van der Waals surface area contributed by atoms with Crippen LogP contribution in [0.2, 0.25) is 0 Å². The molecule has 0 bridgehead atoms. The average molecular weight is 360 g/mol. The lowest BCUT2D eigenvalue weighted by atomic mass is 10.2. The number of nitrogens with zero attached hydrogens (tertiary/aromatic N) is 6. The van der Waals surface area contributed by atoms with Gasteiger partial charge < -0.3 is 0 Å². The molecule has 9 heteroatoms. The predicted molar refractivity (Wildman–Crippen MR) is 99.2 cm³/mol. The molecule has 0 atom stereocenters. The van der Waals surface area contributed by atoms with E-state index >= 15 is 0 Å². The maximum absolute atomic E-state index is 12.6. The molecule has 2 heterocycles. The van der Waals surface area contributed by atoms with Gasteiger partial charge in [0, 0.05) is 17.7 Å². The first-order chi connectivity index (χ1) is 13.1. The summed E-state index contributed by atoms with van der Waals surface area (Å²) >= 11 is 0. The van der Waals surface area contributed by atoms with Crippen LogP contribution in [0.4, 0.5) is 5.69 Å². The lowest BCUT2D eigenvalue weighted by molar-refractivity contribution is -0.384. The third-order valence-electron chi connectivity index (χ3n) is 3.88. The van der Waals surface area contributed by atoms with Crippen LogP contribution in [0.15, 0.2) is 77.0 Å². The summed E-state index contributed by atoms with van der Waals surface area (Å²) in [7, 11) is 0. The number of nitro benzene ring substituents is 1. The van der Waals surface area contributed by atoms with Gasteiger partial charge in [-0.3, -0.25) is 14.9 Å². The van der Waals surface area contributed by atoms with Crippen LogP contribution in [-0.4, -0.2) is 30.6 Å². The fraction of sp³-hybridized carbons (Fsp3) is 0. The highest BCUT2D eigenvalue weighted by Gasteiger charge is 2.11. The zero-order valence-electron chi connectivity index (χ0n) is 13.8. The summed E-state index contributed by atoms with van der Waals surface area (Å²) in [6, 6.07) is 15.3. The zero-order valence-corrected chi connectivity index (χ0v) is 13.8. The van der Waals surface area contributed by atoms with E-state index in [0.29, 0.717) is 16.6 Å². The highest BCUT2D eigenvalue weighted by Crippen LogP contribution is 2.13. The van der Waals surface area contributed by atoms with E-state index in [9.17, 15) is 14.9 Å². The highest BCUT2D eigenvalue weighted by atomic mass is 16.6. The number of rotatable bonds is 4. The van der Waals surface area contributed by atoms with E-state index in [1.807, 2.05) is 30.3 Å². The van der Waals surface area contributed by atoms with Gasteiger partial charge >= 0.3 is 0 Å². The van der Waals surface area contributed by atoms with Gasteiger partial charge in [-0.25, -0.2) is 9.67 Å². The normalized spacial score (nSPS) is 11.3. The Morgan fingerprint density at radius 3 is 2.70 bits per heavy atom. The van der Waals surface area contributed by atoms with Crippen molar-refractivity contribution in [1.29, 1.82) is 0 Å². The summed E-state index contributed by atoms with van der Waals surface area (Å²) < 4.78 is 2.64. The molecule has 0 saturated heterocycles. The molecule has 132 valence electrons. The van der Waals surface area contributed by atoms with Gasteiger partial charge in [-0.15, -0.1) is 0 Å². The minimum absolute atomic E-state index is 0.0518. The topological polar surface area (TPSA) is 108 Å². The van der Waals surface area contributed by atoms with E-state index in [-0.39, 0.29) is 11.2 Å². The monoisotopic (exact) mass is 360 g/mol. The molecule has 0 aliphatic carbocycles. The van der Waals surface area contributed by atoms with Gasteiger partial charge in [-0.2, -0.15) is 14.9 Å². The average Bonchev–Trinajstić information content (AvgIpc) is 3.13. The number of nitro groups is 1. The van der Waals surface area contributed by atoms with Gasteiger partial charge in [-0.1, -0.05) is 30.3 Å². The van der Waals surface area contributed by atoms with Crippen molar-refractivity contribution in [3.8, 4) is 5.69 Å². The molecule has 9 nitrogen and oxygen atoms in total. The highest BCUT2D eigenvalue weighted by molar-refractivity contribution is 5.81. The molecule has 0 N–H and O–H groups in total. The van der Waals surface area contributed by atoms with Crippen molar-refractivity contribution in [2.75, 3.05) is 0 Å². The second-order valence-electron chi connectivity index (χ2n) is 5.62. The first kappa shape index (κ1) is 16.3. The van der Waals surface area contributed by atoms with Gasteiger partial charge in [0.05, 0.1) is 23.0 Å². The molecule has 4 rings (SSSR count). The van der Waals surface area contributed by atoms with Crippen molar-refractivity contribution in [2.45, 2.75) is 0 Å². The van der Waals surface area contributed by atoms with Crippen molar-refractivity contribution >= 4 is 22.9 Å². The van der Waals surface area contributed by atoms with Crippen LogP contribution in [0.25, 0.3) is 16.7 Å². The fourth-order valence-electron chi connectivity index (χ4n) is 2.59. The standard InChI is InChI=1S/C18H12N6O3/c25-18-16-11-21-23(14-6-2-1-3-7-14)17(16)19-12-22(18)20-10-13-5-4-8-15(9-13)24(26)27/h1-12H/b20-10+. The predicted octanol–water partition coefficient (Wildman–Crippen LogP) is 2.37. The summed E-state index contributed by atoms with van der Waals surface area (Å²) in [5.74, 6) is 0. The van der Waals surface area contributed by atoms with E-state index in [1.165, 1.54) is 30.9 Å². The minimum atomic E-state index is -0.491. The smallest absolute Gasteiger partial charge is 0.266 e. The van der Waals surface area contributed by atoms with Gasteiger partial charge in [0.15, 0.2) is 5.65 Å². The van der Waals surface area contributed by atoms with Gasteiger partial charge in [0.2, 0.25) is 0 Å². The van der Waals surface area contributed by atoms with E-state index < -0.39 is 4.92 Å². The second kappa shape index (κ2) is 6.64. The Kier molecular flexibility index (Phi) is 4.01. The molecule has 2 aromatic carbocycles. The number of aromatic nitrogens is 4. The van der Waals surface area contributed by atoms with E-state index in [4.69, 9.17) is 0 Å². The van der Waals surface area contributed by atoms with E-state index in [0.717, 1.165) is 10.4 Å². The Balaban J connectivity index is 1.72. The Bertz CT molecular complexity index is 1230. The summed E-state index contributed by atoms with van der Waals surface area (Å²) in [5.41, 5.74) is 1.27. The number of hydrogen-bond acceptors (Lipinski definition) is 6. The SMILES string of the molecule is O=c1c2cnn(-c3ccccc3)c2ncn1/N=C/c1cccc([N+](=O)[O-])c1. The Morgan fingerprint density at radius 1 is 1.11 bits per heavy atom. The van der Waals surface area contributed by atoms with Crippen LogP contribution in [0, 0.1) is 10.1 Å². The lowest BCUT2D eigenvalue weighted by Crippen LogP contribution is -2.17. The first-order valence-corrected chi connectivity index (χ1v) is 7.93. The molecule has 0 radical (unpaired) electrons. The van der Waals surface area contributed by atoms with Crippen LogP contribution >= 0.6 is 0 Å². The molecule has 27 heavy (non-hydrogen) atoms. The third kappa shape index (κ3) is 3.09. The second-order valence-corrected chi connectivity index (χ2v) is 5.62. The first-order valence-electron chi connectivity index (χ1n) is 7.93. The molecule has 0 aliphatic rings. The van der Waals surface area contributed by atoms with Crippen LogP contribution < -0.4 is 5.56 Å². The largest absolute Gasteiger partial charge is 0.285 e. The van der Waals surface area contributed by atoms with Crippen LogP contribution in [0.1, 0.15) is 5.56 Å². The molecule has 0 aliphatic heterocycles. The molecule has 0 spiro atoms. The number of hydrogen-bond donors (Lipinski definition) is 0. The summed E-state index contributed by atoms with van der Waals surface area (Å²) in [4.78, 5) is 27.2. The van der Waals surface area contributed by atoms with Crippen molar-refractivity contribution in [3.63, 3.8) is 0 Å². The van der Waals surface area contributed by atoms with E-state index in [2.05, 4.69) is 15.2 Å². The maximum atomic E-state index is 12.6. The van der Waals surface area contributed by atoms with E-state index in [1.54, 1.807) is 16.8 Å². The van der Waals surface area contributed by atoms with Crippen molar-refractivity contribution in [3.05, 3.63) is 93.2 Å². The lowest BCUT2D eigenvalue weighted by Gasteiger charge is -2.02. The molecule has 0 saturated carbocycles. The quantitative estimate of drug-likeness (QED) is 0.315. The molecule has 2 aromatic heterocycles. The maximum Gasteiger partial charge on any atom is 0.285 e. The minimum Gasteiger partial charge on any atom is -0.266 e. The van der Waals surface area contributed by atoms with Gasteiger partial charge in [-0.05, 0) is 12.1 Å². The molecular formula is C18H12N6O3. The van der Waals surface area contributed by atoms with Crippen LogP contribution in [-0.2, 0) is 0 Å². The molecule has 0 amide bonds. The molecule has 4 aromatic rings. The van der Waals surface area contributed by atoms with Crippen molar-refractivity contribution in [1.82, 2.24) is 19.4 Å². The van der Waals surface area contributed by atoms with Crippen molar-refractivity contribution < 1.29 is 4.92 Å². The van der Waals surface area contributed by atoms with Crippen LogP contribution in [0.5, 0.6) is 0 Å². The Labute approximate surface area is 152 Å². The Morgan fingerprint density at radius 2 is 1.93 bits per heavy atom.